The van der Waals surface area contributed by atoms with Crippen molar-refractivity contribution >= 4 is 27.7 Å². The highest BCUT2D eigenvalue weighted by Crippen LogP contribution is 2.26. The number of rotatable bonds is 6. The molecule has 0 radical (unpaired) electrons. The van der Waals surface area contributed by atoms with Gasteiger partial charge in [0, 0.05) is 48.7 Å². The Hall–Kier alpha value is -2.54. The van der Waals surface area contributed by atoms with Crippen molar-refractivity contribution in [3.05, 3.63) is 58.1 Å². The van der Waals surface area contributed by atoms with Gasteiger partial charge in [-0.2, -0.15) is 0 Å². The van der Waals surface area contributed by atoms with Crippen LogP contribution in [0.25, 0.3) is 0 Å². The molecular weight excluding hydrogens is 448 g/mol. The van der Waals surface area contributed by atoms with E-state index in [0.29, 0.717) is 49.5 Å². The van der Waals surface area contributed by atoms with Gasteiger partial charge in [-0.25, -0.2) is 0 Å². The zero-order valence-corrected chi connectivity index (χ0v) is 19.1. The molecule has 1 fully saturated rings. The van der Waals surface area contributed by atoms with E-state index in [1.54, 1.807) is 42.2 Å². The highest BCUT2D eigenvalue weighted by molar-refractivity contribution is 9.10. The van der Waals surface area contributed by atoms with E-state index in [-0.39, 0.29) is 17.7 Å². The lowest BCUT2D eigenvalue weighted by molar-refractivity contribution is -0.136. The van der Waals surface area contributed by atoms with Gasteiger partial charge in [0.05, 0.1) is 14.2 Å². The molecule has 0 N–H and O–H groups in total. The summed E-state index contributed by atoms with van der Waals surface area (Å²) >= 11 is 3.54. The van der Waals surface area contributed by atoms with Crippen LogP contribution in [-0.2, 0) is 11.3 Å². The number of hydrogen-bond donors (Lipinski definition) is 0. The molecule has 1 aliphatic heterocycles. The van der Waals surface area contributed by atoms with E-state index in [0.717, 1.165) is 10.0 Å². The molecule has 3 rings (SSSR count). The molecule has 0 bridgehead atoms. The number of amides is 2. The van der Waals surface area contributed by atoms with Crippen LogP contribution in [0.15, 0.2) is 46.9 Å². The van der Waals surface area contributed by atoms with E-state index in [9.17, 15) is 9.59 Å². The highest BCUT2D eigenvalue weighted by Gasteiger charge is 2.30. The van der Waals surface area contributed by atoms with Gasteiger partial charge < -0.3 is 19.3 Å². The summed E-state index contributed by atoms with van der Waals surface area (Å²) in [6, 6.07) is 13.1. The summed E-state index contributed by atoms with van der Waals surface area (Å²) in [6.45, 7) is 1.66. The molecule has 0 saturated carbocycles. The molecule has 0 spiro atoms. The molecule has 0 aromatic heterocycles. The molecule has 2 aromatic carbocycles. The minimum absolute atomic E-state index is 0.0682. The van der Waals surface area contributed by atoms with Gasteiger partial charge in [0.25, 0.3) is 5.91 Å². The summed E-state index contributed by atoms with van der Waals surface area (Å²) in [5.41, 5.74) is 1.61. The van der Waals surface area contributed by atoms with Crippen LogP contribution in [0.2, 0.25) is 0 Å². The lowest BCUT2D eigenvalue weighted by Gasteiger charge is -2.33. The Bertz CT molecular complexity index is 888. The summed E-state index contributed by atoms with van der Waals surface area (Å²) < 4.78 is 11.5. The quantitative estimate of drug-likeness (QED) is 0.635. The first-order chi connectivity index (χ1) is 14.4. The first-order valence-corrected chi connectivity index (χ1v) is 10.7. The van der Waals surface area contributed by atoms with Crippen LogP contribution in [0, 0.1) is 5.92 Å². The highest BCUT2D eigenvalue weighted by atomic mass is 79.9. The maximum Gasteiger partial charge on any atom is 0.254 e. The fourth-order valence-electron chi connectivity index (χ4n) is 3.71. The second-order valence-electron chi connectivity index (χ2n) is 7.45. The third-order valence-electron chi connectivity index (χ3n) is 5.47. The van der Waals surface area contributed by atoms with Crippen molar-refractivity contribution in [2.75, 3.05) is 34.4 Å². The number of piperidine rings is 1. The number of hydrogen-bond acceptors (Lipinski definition) is 4. The van der Waals surface area contributed by atoms with Gasteiger partial charge in [-0.3, -0.25) is 9.59 Å². The van der Waals surface area contributed by atoms with E-state index in [2.05, 4.69) is 15.9 Å². The van der Waals surface area contributed by atoms with Crippen molar-refractivity contribution in [3.8, 4) is 11.5 Å². The molecule has 0 unspecified atom stereocenters. The first kappa shape index (κ1) is 22.2. The predicted molar refractivity (Wildman–Crippen MR) is 119 cm³/mol. The number of carbonyl (C=O) groups is 2. The number of carbonyl (C=O) groups excluding carboxylic acids is 2. The summed E-state index contributed by atoms with van der Waals surface area (Å²) in [4.78, 5) is 29.4. The Balaban J connectivity index is 1.59. The van der Waals surface area contributed by atoms with Gasteiger partial charge in [0.2, 0.25) is 5.91 Å². The average molecular weight is 475 g/mol. The normalized spacial score (nSPS) is 14.3. The van der Waals surface area contributed by atoms with Crippen molar-refractivity contribution in [2.45, 2.75) is 19.4 Å². The van der Waals surface area contributed by atoms with E-state index >= 15 is 0 Å². The van der Waals surface area contributed by atoms with Gasteiger partial charge in [-0.05, 0) is 36.6 Å². The lowest BCUT2D eigenvalue weighted by atomic mass is 9.94. The second kappa shape index (κ2) is 9.98. The number of likely N-dealkylation sites (tertiary alicyclic amines) is 1. The van der Waals surface area contributed by atoms with Crippen LogP contribution in [-0.4, -0.2) is 56.0 Å². The van der Waals surface area contributed by atoms with Gasteiger partial charge in [-0.1, -0.05) is 34.1 Å². The largest absolute Gasteiger partial charge is 0.497 e. The van der Waals surface area contributed by atoms with E-state index in [1.165, 1.54) is 0 Å². The summed E-state index contributed by atoms with van der Waals surface area (Å²) in [5, 5.41) is 0. The molecule has 2 amide bonds. The van der Waals surface area contributed by atoms with Crippen molar-refractivity contribution in [2.24, 2.45) is 5.92 Å². The van der Waals surface area contributed by atoms with Crippen LogP contribution >= 0.6 is 15.9 Å². The molecule has 1 aliphatic rings. The fourth-order valence-corrected chi connectivity index (χ4v) is 4.12. The zero-order valence-electron chi connectivity index (χ0n) is 17.6. The van der Waals surface area contributed by atoms with Crippen molar-refractivity contribution in [1.82, 2.24) is 9.80 Å². The summed E-state index contributed by atoms with van der Waals surface area (Å²) in [7, 11) is 4.96. The molecule has 0 aliphatic carbocycles. The minimum Gasteiger partial charge on any atom is -0.497 e. The van der Waals surface area contributed by atoms with Crippen LogP contribution in [0.4, 0.5) is 0 Å². The number of benzene rings is 2. The SMILES string of the molecule is COc1cc(OC)cc(C(=O)N2CCC(C(=O)N(C)Cc3ccccc3Br)CC2)c1. The Kier molecular flexibility index (Phi) is 7.37. The topological polar surface area (TPSA) is 59.1 Å². The van der Waals surface area contributed by atoms with Crippen LogP contribution in [0.1, 0.15) is 28.8 Å². The van der Waals surface area contributed by atoms with Crippen LogP contribution in [0.3, 0.4) is 0 Å². The predicted octanol–water partition coefficient (Wildman–Crippen LogP) is 3.98. The van der Waals surface area contributed by atoms with E-state index < -0.39 is 0 Å². The fraction of sp³-hybridized carbons (Fsp3) is 0.391. The van der Waals surface area contributed by atoms with Crippen molar-refractivity contribution in [3.63, 3.8) is 0 Å². The van der Waals surface area contributed by atoms with Crippen molar-refractivity contribution < 1.29 is 19.1 Å². The minimum atomic E-state index is -0.0698. The molecule has 2 aromatic rings. The standard InChI is InChI=1S/C23H27BrN2O4/c1-25(15-17-6-4-5-7-21(17)24)22(27)16-8-10-26(11-9-16)23(28)18-12-19(29-2)14-20(13-18)30-3/h4-7,12-14,16H,8-11,15H2,1-3H3. The van der Waals surface area contributed by atoms with E-state index in [4.69, 9.17) is 9.47 Å². The third-order valence-corrected chi connectivity index (χ3v) is 6.25. The number of nitrogens with zero attached hydrogens (tertiary/aromatic N) is 2. The average Bonchev–Trinajstić information content (AvgIpc) is 2.79. The molecule has 160 valence electrons. The third kappa shape index (κ3) is 5.14. The molecular formula is C23H27BrN2O4. The van der Waals surface area contributed by atoms with Gasteiger partial charge in [0.15, 0.2) is 0 Å². The van der Waals surface area contributed by atoms with Crippen LogP contribution in [0.5, 0.6) is 11.5 Å². The molecule has 1 heterocycles. The Morgan fingerprint density at radius 2 is 1.67 bits per heavy atom. The molecule has 30 heavy (non-hydrogen) atoms. The van der Waals surface area contributed by atoms with E-state index in [1.807, 2.05) is 31.3 Å². The maximum atomic E-state index is 12.9. The maximum absolute atomic E-state index is 12.9. The monoisotopic (exact) mass is 474 g/mol. The zero-order chi connectivity index (χ0) is 21.7. The Morgan fingerprint density at radius 1 is 1.07 bits per heavy atom. The first-order valence-electron chi connectivity index (χ1n) is 9.93. The number of methoxy groups -OCH3 is 2. The number of ether oxygens (including phenoxy) is 2. The van der Waals surface area contributed by atoms with Gasteiger partial charge in [0.1, 0.15) is 11.5 Å². The van der Waals surface area contributed by atoms with Crippen molar-refractivity contribution in [1.29, 1.82) is 0 Å². The molecule has 1 saturated heterocycles. The molecule has 0 atom stereocenters. The van der Waals surface area contributed by atoms with Gasteiger partial charge in [-0.15, -0.1) is 0 Å². The molecule has 7 heteroatoms. The Labute approximate surface area is 185 Å². The van der Waals surface area contributed by atoms with Gasteiger partial charge >= 0.3 is 0 Å². The molecule has 6 nitrogen and oxygen atoms in total. The lowest BCUT2D eigenvalue weighted by Crippen LogP contribution is -2.43. The Morgan fingerprint density at radius 3 is 2.23 bits per heavy atom. The summed E-state index contributed by atoms with van der Waals surface area (Å²) in [6.07, 6.45) is 1.32. The smallest absolute Gasteiger partial charge is 0.254 e. The second-order valence-corrected chi connectivity index (χ2v) is 8.31. The van der Waals surface area contributed by atoms with Crippen LogP contribution < -0.4 is 9.47 Å². The summed E-state index contributed by atoms with van der Waals surface area (Å²) in [5.74, 6) is 1.15. The number of halogens is 1.